The van der Waals surface area contributed by atoms with Crippen LogP contribution < -0.4 is 16.4 Å². The number of nitrogens with two attached hydrogens (primary N) is 1. The van der Waals surface area contributed by atoms with E-state index in [1.807, 2.05) is 58.0 Å². The summed E-state index contributed by atoms with van der Waals surface area (Å²) >= 11 is 0. The van der Waals surface area contributed by atoms with Crippen LogP contribution in [0.15, 0.2) is 35.5 Å². The lowest BCUT2D eigenvalue weighted by atomic mass is 9.86. The zero-order chi connectivity index (χ0) is 28.4. The van der Waals surface area contributed by atoms with Crippen molar-refractivity contribution in [2.24, 2.45) is 16.3 Å². The van der Waals surface area contributed by atoms with Crippen molar-refractivity contribution in [2.75, 3.05) is 13.7 Å². The molecule has 1 aliphatic carbocycles. The second-order valence-electron chi connectivity index (χ2n) is 12.2. The van der Waals surface area contributed by atoms with Crippen molar-refractivity contribution in [1.82, 2.24) is 15.5 Å². The van der Waals surface area contributed by atoms with Gasteiger partial charge in [-0.2, -0.15) is 0 Å². The van der Waals surface area contributed by atoms with Crippen LogP contribution in [0.3, 0.4) is 0 Å². The number of benzene rings is 1. The van der Waals surface area contributed by atoms with Crippen molar-refractivity contribution in [3.05, 3.63) is 35.9 Å². The van der Waals surface area contributed by atoms with Crippen molar-refractivity contribution in [3.8, 4) is 0 Å². The number of carbonyl (C=O) groups is 3. The van der Waals surface area contributed by atoms with Gasteiger partial charge < -0.3 is 30.8 Å². The van der Waals surface area contributed by atoms with Gasteiger partial charge in [-0.05, 0) is 30.2 Å². The zero-order valence-corrected chi connectivity index (χ0v) is 23.7. The van der Waals surface area contributed by atoms with E-state index < -0.39 is 35.2 Å². The predicted molar refractivity (Wildman–Crippen MR) is 148 cm³/mol. The van der Waals surface area contributed by atoms with Gasteiger partial charge in [0.2, 0.25) is 11.8 Å². The van der Waals surface area contributed by atoms with Crippen LogP contribution in [0, 0.1) is 5.41 Å². The van der Waals surface area contributed by atoms with Crippen LogP contribution in [0.5, 0.6) is 0 Å². The van der Waals surface area contributed by atoms with Gasteiger partial charge in [-0.3, -0.25) is 14.4 Å². The second-order valence-corrected chi connectivity index (χ2v) is 12.2. The molecule has 0 bridgehead atoms. The summed E-state index contributed by atoms with van der Waals surface area (Å²) in [7, 11) is 1.48. The van der Waals surface area contributed by atoms with Crippen molar-refractivity contribution in [1.29, 1.82) is 0 Å². The number of methoxy groups -OCH3 is 1. The van der Waals surface area contributed by atoms with Gasteiger partial charge in [-0.15, -0.1) is 0 Å². The molecule has 10 heteroatoms. The Morgan fingerprint density at radius 3 is 2.51 bits per heavy atom. The van der Waals surface area contributed by atoms with Crippen molar-refractivity contribution in [2.45, 2.75) is 102 Å². The molecule has 39 heavy (non-hydrogen) atoms. The monoisotopic (exact) mass is 541 g/mol. The molecule has 1 aromatic rings. The van der Waals surface area contributed by atoms with Gasteiger partial charge in [-0.1, -0.05) is 69.6 Å². The second kappa shape index (κ2) is 11.6. The SMILES string of the molecule is CCC[C@H](NC(=O)C1C[C@]2(CC(c3ccccc3)=NO2)CN1C(=O)[C@@H](N)C(C)(C)C)C(OC)C(=O)NC1CC1. The number of oxime groups is 1. The largest absolute Gasteiger partial charge is 0.387 e. The lowest BCUT2D eigenvalue weighted by molar-refractivity contribution is -0.143. The Hall–Kier alpha value is -2.98. The first-order chi connectivity index (χ1) is 18.5. The summed E-state index contributed by atoms with van der Waals surface area (Å²) in [4.78, 5) is 48.0. The Kier molecular flexibility index (Phi) is 8.66. The van der Waals surface area contributed by atoms with Crippen molar-refractivity contribution < 1.29 is 24.0 Å². The Morgan fingerprint density at radius 1 is 1.23 bits per heavy atom. The summed E-state index contributed by atoms with van der Waals surface area (Å²) in [5.41, 5.74) is 6.79. The minimum atomic E-state index is -0.832. The lowest BCUT2D eigenvalue weighted by Gasteiger charge is -2.33. The van der Waals surface area contributed by atoms with Gasteiger partial charge in [0.15, 0.2) is 11.7 Å². The standard InChI is InChI=1S/C29H43N5O5/c1-6-10-20(23(38-5)26(36)31-19-13-14-19)32-25(35)22-16-29(17-34(22)27(37)24(30)28(2,3)4)15-21(33-39-29)18-11-8-7-9-12-18/h7-9,11-12,19-20,22-24H,6,10,13-17,30H2,1-5H3,(H,31,36)(H,32,35)/t20-,22?,23?,24+,29+/m0/s1. The molecule has 1 aromatic carbocycles. The van der Waals surface area contributed by atoms with E-state index in [1.54, 1.807) is 4.90 Å². The average molecular weight is 542 g/mol. The molecule has 4 rings (SSSR count). The number of nitrogens with one attached hydrogen (secondary N) is 2. The van der Waals surface area contributed by atoms with E-state index in [0.29, 0.717) is 12.8 Å². The van der Waals surface area contributed by atoms with Crippen LogP contribution in [-0.4, -0.2) is 77.9 Å². The molecule has 2 unspecified atom stereocenters. The molecule has 2 fully saturated rings. The van der Waals surface area contributed by atoms with E-state index in [2.05, 4.69) is 15.8 Å². The van der Waals surface area contributed by atoms with Gasteiger partial charge in [0.1, 0.15) is 6.04 Å². The Labute approximate surface area is 231 Å². The van der Waals surface area contributed by atoms with Crippen LogP contribution in [0.4, 0.5) is 0 Å². The molecule has 0 aromatic heterocycles. The van der Waals surface area contributed by atoms with E-state index in [4.69, 9.17) is 15.3 Å². The van der Waals surface area contributed by atoms with E-state index in [0.717, 1.165) is 30.5 Å². The molecular formula is C29H43N5O5. The smallest absolute Gasteiger partial charge is 0.251 e. The van der Waals surface area contributed by atoms with Crippen LogP contribution in [0.25, 0.3) is 0 Å². The predicted octanol–water partition coefficient (Wildman–Crippen LogP) is 2.10. The Bertz CT molecular complexity index is 1080. The fraction of sp³-hybridized carbons (Fsp3) is 0.655. The number of hydrogen-bond acceptors (Lipinski definition) is 7. The maximum absolute atomic E-state index is 13.9. The molecule has 1 spiro atoms. The minimum Gasteiger partial charge on any atom is -0.387 e. The third kappa shape index (κ3) is 6.61. The molecule has 214 valence electrons. The van der Waals surface area contributed by atoms with E-state index >= 15 is 0 Å². The molecule has 2 aliphatic heterocycles. The third-order valence-corrected chi connectivity index (χ3v) is 7.86. The molecule has 4 N–H and O–H groups in total. The summed E-state index contributed by atoms with van der Waals surface area (Å²) in [5, 5.41) is 10.4. The number of rotatable bonds is 10. The number of amides is 3. The topological polar surface area (TPSA) is 135 Å². The van der Waals surface area contributed by atoms with Crippen LogP contribution in [-0.2, 0) is 24.0 Å². The fourth-order valence-corrected chi connectivity index (χ4v) is 5.32. The van der Waals surface area contributed by atoms with E-state index in [1.165, 1.54) is 7.11 Å². The van der Waals surface area contributed by atoms with E-state index in [9.17, 15) is 14.4 Å². The first-order valence-corrected chi connectivity index (χ1v) is 14.0. The molecule has 5 atom stereocenters. The molecule has 1 saturated carbocycles. The first-order valence-electron chi connectivity index (χ1n) is 14.0. The van der Waals surface area contributed by atoms with Gasteiger partial charge in [0.05, 0.1) is 24.3 Å². The summed E-state index contributed by atoms with van der Waals surface area (Å²) in [5.74, 6) is -0.889. The highest BCUT2D eigenvalue weighted by Crippen LogP contribution is 2.39. The van der Waals surface area contributed by atoms with E-state index in [-0.39, 0.29) is 36.7 Å². The summed E-state index contributed by atoms with van der Waals surface area (Å²) in [6.45, 7) is 7.89. The maximum atomic E-state index is 13.9. The van der Waals surface area contributed by atoms with Crippen molar-refractivity contribution in [3.63, 3.8) is 0 Å². The highest BCUT2D eigenvalue weighted by Gasteiger charge is 2.55. The Balaban J connectivity index is 1.55. The van der Waals surface area contributed by atoms with Crippen LogP contribution in [0.2, 0.25) is 0 Å². The number of nitrogens with zero attached hydrogens (tertiary/aromatic N) is 2. The minimum absolute atomic E-state index is 0.174. The molecule has 3 aliphatic rings. The Morgan fingerprint density at radius 2 is 1.92 bits per heavy atom. The highest BCUT2D eigenvalue weighted by molar-refractivity contribution is 6.02. The van der Waals surface area contributed by atoms with Crippen LogP contribution in [0.1, 0.15) is 71.8 Å². The molecule has 2 heterocycles. The van der Waals surface area contributed by atoms with Gasteiger partial charge in [-0.25, -0.2) is 0 Å². The number of carbonyl (C=O) groups excluding carboxylic acids is 3. The van der Waals surface area contributed by atoms with Crippen LogP contribution >= 0.6 is 0 Å². The number of hydrogen-bond donors (Lipinski definition) is 3. The lowest BCUT2D eigenvalue weighted by Crippen LogP contribution is -2.58. The van der Waals surface area contributed by atoms with Crippen molar-refractivity contribution >= 4 is 23.4 Å². The quantitative estimate of drug-likeness (QED) is 0.415. The zero-order valence-electron chi connectivity index (χ0n) is 23.7. The molecule has 10 nitrogen and oxygen atoms in total. The average Bonchev–Trinajstić information content (AvgIpc) is 3.49. The maximum Gasteiger partial charge on any atom is 0.251 e. The normalized spacial score (nSPS) is 25.0. The molecule has 3 amide bonds. The molecular weight excluding hydrogens is 498 g/mol. The first kappa shape index (κ1) is 29.0. The van der Waals surface area contributed by atoms with Gasteiger partial charge in [0, 0.05) is 26.0 Å². The summed E-state index contributed by atoms with van der Waals surface area (Å²) in [6, 6.07) is 7.74. The molecule has 1 saturated heterocycles. The van der Waals surface area contributed by atoms with Gasteiger partial charge in [0.25, 0.3) is 5.91 Å². The number of likely N-dealkylation sites (tertiary alicyclic amines) is 1. The highest BCUT2D eigenvalue weighted by atomic mass is 16.7. The molecule has 0 radical (unpaired) electrons. The summed E-state index contributed by atoms with van der Waals surface area (Å²) < 4.78 is 5.56. The summed E-state index contributed by atoms with van der Waals surface area (Å²) in [6.07, 6.45) is 3.11. The third-order valence-electron chi connectivity index (χ3n) is 7.86. The number of ether oxygens (including phenoxy) is 1. The van der Waals surface area contributed by atoms with Gasteiger partial charge >= 0.3 is 0 Å². The fourth-order valence-electron chi connectivity index (χ4n) is 5.32.